The molecular weight excluding hydrogens is 768 g/mol. The lowest BCUT2D eigenvalue weighted by Crippen LogP contribution is -2.31. The molecule has 0 fully saturated rings. The standard InChI is InChI=1S/C53H67FO7/c1-8-11-12-15-39-18-20-41(21-19-39)42-22-25-48(49(54)34-42)43-23-24-47(40(10-3)31-43)46-32-44(16-13-28-60-51(57)37(4)5)50(59-30-27-53(35-55,36-56)26-9-2)45(33-46)17-14-29-61-52(58)38(6)7/h18-25,31-34,55-56H,4,6,8-17,26-30,35-36H2,1-3,5,7H3. The largest absolute Gasteiger partial charge is 0.493 e. The average molecular weight is 835 g/mol. The molecule has 4 aromatic carbocycles. The van der Waals surface area contributed by atoms with Crippen molar-refractivity contribution < 1.29 is 38.4 Å². The van der Waals surface area contributed by atoms with Crippen LogP contribution in [0.3, 0.4) is 0 Å². The minimum Gasteiger partial charge on any atom is -0.493 e. The second kappa shape index (κ2) is 24.4. The Bertz CT molecular complexity index is 2020. The van der Waals surface area contributed by atoms with Crippen molar-refractivity contribution in [1.29, 1.82) is 0 Å². The normalized spacial score (nSPS) is 11.3. The van der Waals surface area contributed by atoms with Crippen LogP contribution in [0, 0.1) is 11.2 Å². The van der Waals surface area contributed by atoms with E-state index in [9.17, 15) is 19.8 Å². The molecule has 0 heterocycles. The Balaban J connectivity index is 1.72. The highest BCUT2D eigenvalue weighted by Gasteiger charge is 2.28. The number of carbonyl (C=O) groups is 2. The van der Waals surface area contributed by atoms with E-state index in [1.165, 1.54) is 24.8 Å². The van der Waals surface area contributed by atoms with E-state index in [4.69, 9.17) is 14.2 Å². The first-order valence-corrected chi connectivity index (χ1v) is 22.1. The summed E-state index contributed by atoms with van der Waals surface area (Å²) in [5.41, 5.74) is 9.26. The van der Waals surface area contributed by atoms with Crippen LogP contribution in [0.4, 0.5) is 4.39 Å². The van der Waals surface area contributed by atoms with Crippen molar-refractivity contribution in [3.8, 4) is 39.1 Å². The predicted molar refractivity (Wildman–Crippen MR) is 245 cm³/mol. The number of halogens is 1. The van der Waals surface area contributed by atoms with E-state index in [2.05, 4.69) is 69.5 Å². The first-order chi connectivity index (χ1) is 29.4. The lowest BCUT2D eigenvalue weighted by molar-refractivity contribution is -0.139. The molecule has 7 nitrogen and oxygen atoms in total. The molecule has 0 amide bonds. The Morgan fingerprint density at radius 2 is 1.16 bits per heavy atom. The molecule has 0 aliphatic carbocycles. The summed E-state index contributed by atoms with van der Waals surface area (Å²) in [5.74, 6) is -0.483. The van der Waals surface area contributed by atoms with Gasteiger partial charge < -0.3 is 24.4 Å². The minimum absolute atomic E-state index is 0.154. The van der Waals surface area contributed by atoms with Gasteiger partial charge in [-0.15, -0.1) is 0 Å². The summed E-state index contributed by atoms with van der Waals surface area (Å²) in [7, 11) is 0. The van der Waals surface area contributed by atoms with E-state index in [0.717, 1.165) is 57.3 Å². The Morgan fingerprint density at radius 3 is 1.69 bits per heavy atom. The number of aliphatic hydroxyl groups is 2. The molecule has 8 heteroatoms. The van der Waals surface area contributed by atoms with Crippen molar-refractivity contribution in [3.63, 3.8) is 0 Å². The van der Waals surface area contributed by atoms with Crippen LogP contribution in [0.15, 0.2) is 97.1 Å². The number of rotatable bonds is 26. The highest BCUT2D eigenvalue weighted by atomic mass is 19.1. The maximum atomic E-state index is 15.9. The maximum Gasteiger partial charge on any atom is 0.333 e. The second-order valence-electron chi connectivity index (χ2n) is 16.4. The molecule has 61 heavy (non-hydrogen) atoms. The zero-order valence-corrected chi connectivity index (χ0v) is 37.2. The third-order valence-corrected chi connectivity index (χ3v) is 11.4. The Labute approximate surface area is 363 Å². The van der Waals surface area contributed by atoms with Crippen LogP contribution in [-0.2, 0) is 44.7 Å². The van der Waals surface area contributed by atoms with Gasteiger partial charge in [-0.25, -0.2) is 14.0 Å². The fraction of sp³-hybridized carbons (Fsp3) is 0.434. The first-order valence-electron chi connectivity index (χ1n) is 22.1. The Kier molecular flexibility index (Phi) is 19.5. The second-order valence-corrected chi connectivity index (χ2v) is 16.4. The number of ether oxygens (including phenoxy) is 3. The van der Waals surface area contributed by atoms with Gasteiger partial charge in [-0.2, -0.15) is 0 Å². The van der Waals surface area contributed by atoms with Gasteiger partial charge in [0.15, 0.2) is 0 Å². The minimum atomic E-state index is -0.667. The van der Waals surface area contributed by atoms with Crippen LogP contribution in [0.1, 0.15) is 108 Å². The maximum absolute atomic E-state index is 15.9. The van der Waals surface area contributed by atoms with Crippen LogP contribution in [0.25, 0.3) is 33.4 Å². The lowest BCUT2D eigenvalue weighted by atomic mass is 9.82. The van der Waals surface area contributed by atoms with Crippen LogP contribution < -0.4 is 4.74 Å². The van der Waals surface area contributed by atoms with Crippen molar-refractivity contribution >= 4 is 11.9 Å². The number of carbonyl (C=O) groups excluding carboxylic acids is 2. The predicted octanol–water partition coefficient (Wildman–Crippen LogP) is 11.8. The molecule has 4 rings (SSSR count). The van der Waals surface area contributed by atoms with Gasteiger partial charge in [0, 0.05) is 22.1 Å². The number of hydrogen-bond donors (Lipinski definition) is 2. The van der Waals surface area contributed by atoms with E-state index in [1.807, 2.05) is 31.2 Å². The zero-order valence-electron chi connectivity index (χ0n) is 37.2. The number of aryl methyl sites for hydroxylation is 4. The molecular formula is C53H67FO7. The van der Waals surface area contributed by atoms with E-state index in [-0.39, 0.29) is 38.9 Å². The fourth-order valence-electron chi connectivity index (χ4n) is 7.67. The van der Waals surface area contributed by atoms with Gasteiger partial charge >= 0.3 is 11.9 Å². The summed E-state index contributed by atoms with van der Waals surface area (Å²) in [6.45, 7) is 17.3. The van der Waals surface area contributed by atoms with Crippen molar-refractivity contribution in [2.45, 2.75) is 112 Å². The summed E-state index contributed by atoms with van der Waals surface area (Å²) in [6, 6.07) is 24.2. The van der Waals surface area contributed by atoms with Gasteiger partial charge in [-0.3, -0.25) is 0 Å². The molecule has 0 unspecified atom stereocenters. The molecule has 0 spiro atoms. The third-order valence-electron chi connectivity index (χ3n) is 11.4. The number of aliphatic hydroxyl groups excluding tert-OH is 2. The molecule has 328 valence electrons. The smallest absolute Gasteiger partial charge is 0.333 e. The molecule has 0 atom stereocenters. The van der Waals surface area contributed by atoms with Gasteiger partial charge in [0.25, 0.3) is 0 Å². The first kappa shape index (κ1) is 48.6. The van der Waals surface area contributed by atoms with Crippen molar-refractivity contribution in [1.82, 2.24) is 0 Å². The van der Waals surface area contributed by atoms with Gasteiger partial charge in [-0.1, -0.05) is 108 Å². The lowest BCUT2D eigenvalue weighted by Gasteiger charge is -2.30. The molecule has 2 N–H and O–H groups in total. The molecule has 0 aromatic heterocycles. The molecule has 0 radical (unpaired) electrons. The van der Waals surface area contributed by atoms with Crippen LogP contribution in [0.5, 0.6) is 5.75 Å². The third kappa shape index (κ3) is 14.0. The highest BCUT2D eigenvalue weighted by molar-refractivity contribution is 5.87. The number of unbranched alkanes of at least 4 members (excludes halogenated alkanes) is 2. The monoisotopic (exact) mass is 834 g/mol. The zero-order chi connectivity index (χ0) is 44.4. The fourth-order valence-corrected chi connectivity index (χ4v) is 7.67. The van der Waals surface area contributed by atoms with E-state index >= 15 is 4.39 Å². The Hall–Kier alpha value is -5.05. The summed E-state index contributed by atoms with van der Waals surface area (Å²) in [5, 5.41) is 20.5. The van der Waals surface area contributed by atoms with Gasteiger partial charge in [0.05, 0.1) is 33.0 Å². The van der Waals surface area contributed by atoms with E-state index in [1.54, 1.807) is 19.9 Å². The number of benzene rings is 4. The summed E-state index contributed by atoms with van der Waals surface area (Å²) < 4.78 is 33.4. The van der Waals surface area contributed by atoms with Crippen LogP contribution in [-0.4, -0.2) is 55.2 Å². The number of hydrogen-bond acceptors (Lipinski definition) is 7. The molecule has 0 bridgehead atoms. The van der Waals surface area contributed by atoms with Crippen molar-refractivity contribution in [2.75, 3.05) is 33.0 Å². The summed E-state index contributed by atoms with van der Waals surface area (Å²) >= 11 is 0. The summed E-state index contributed by atoms with van der Waals surface area (Å²) in [6.07, 6.45) is 9.35. The van der Waals surface area contributed by atoms with Crippen molar-refractivity contribution in [2.24, 2.45) is 5.41 Å². The molecule has 0 saturated carbocycles. The van der Waals surface area contributed by atoms with Crippen molar-refractivity contribution in [3.05, 3.63) is 125 Å². The Morgan fingerprint density at radius 1 is 0.607 bits per heavy atom. The quantitative estimate of drug-likeness (QED) is 0.0369. The molecule has 4 aromatic rings. The molecule has 0 aliphatic rings. The van der Waals surface area contributed by atoms with Crippen LogP contribution >= 0.6 is 0 Å². The highest BCUT2D eigenvalue weighted by Crippen LogP contribution is 2.38. The molecule has 0 aliphatic heterocycles. The van der Waals surface area contributed by atoms with Gasteiger partial charge in [-0.05, 0) is 140 Å². The van der Waals surface area contributed by atoms with Gasteiger partial charge in [0.2, 0.25) is 0 Å². The average Bonchev–Trinajstić information content (AvgIpc) is 3.26. The SMILES string of the molecule is C=C(C)C(=O)OCCCc1cc(-c2ccc(-c3ccc(-c4ccc(CCCCC)cc4)cc3F)cc2CC)cc(CCCOC(=O)C(=C)C)c1OCCC(CO)(CO)CCC. The molecule has 0 saturated heterocycles. The topological polar surface area (TPSA) is 102 Å². The summed E-state index contributed by atoms with van der Waals surface area (Å²) in [4.78, 5) is 24.4. The van der Waals surface area contributed by atoms with E-state index < -0.39 is 17.4 Å². The van der Waals surface area contributed by atoms with E-state index in [0.29, 0.717) is 67.4 Å². The van der Waals surface area contributed by atoms with Crippen LogP contribution in [0.2, 0.25) is 0 Å². The number of esters is 2. The van der Waals surface area contributed by atoms with Gasteiger partial charge in [0.1, 0.15) is 11.6 Å².